The molecule has 24 heavy (non-hydrogen) atoms. The average molecular weight is 339 g/mol. The number of halogens is 2. The second-order valence-corrected chi connectivity index (χ2v) is 6.61. The zero-order valence-corrected chi connectivity index (χ0v) is 13.5. The molecule has 1 atom stereocenters. The summed E-state index contributed by atoms with van der Waals surface area (Å²) in [6.45, 7) is -1.62. The number of rotatable bonds is 5. The van der Waals surface area contributed by atoms with E-state index in [4.69, 9.17) is 5.73 Å². The molecule has 0 spiro atoms. The molecule has 2 aliphatic rings. The molecule has 1 saturated carbocycles. The fourth-order valence-electron chi connectivity index (χ4n) is 3.57. The number of alkyl halides is 2. The summed E-state index contributed by atoms with van der Waals surface area (Å²) in [5, 5.41) is 3.03. The van der Waals surface area contributed by atoms with Gasteiger partial charge in [-0.1, -0.05) is 25.0 Å². The summed E-state index contributed by atoms with van der Waals surface area (Å²) in [6, 6.07) is 6.70. The van der Waals surface area contributed by atoms with E-state index in [1.54, 1.807) is 18.2 Å². The van der Waals surface area contributed by atoms with Gasteiger partial charge in [0.2, 0.25) is 5.91 Å². The van der Waals surface area contributed by atoms with Crippen LogP contribution >= 0.6 is 0 Å². The van der Waals surface area contributed by atoms with Crippen molar-refractivity contribution >= 4 is 11.6 Å². The van der Waals surface area contributed by atoms with Crippen molar-refractivity contribution in [2.75, 3.05) is 18.0 Å². The molecule has 0 radical (unpaired) electrons. The van der Waals surface area contributed by atoms with Gasteiger partial charge in [-0.2, -0.15) is 8.78 Å². The molecule has 0 aromatic heterocycles. The molecule has 1 saturated heterocycles. The third kappa shape index (κ3) is 3.61. The first-order chi connectivity index (χ1) is 11.5. The number of amides is 1. The number of hydrogen-bond acceptors (Lipinski definition) is 4. The van der Waals surface area contributed by atoms with E-state index in [0.29, 0.717) is 18.8 Å². The van der Waals surface area contributed by atoms with E-state index in [2.05, 4.69) is 10.1 Å². The second kappa shape index (κ2) is 6.93. The first-order valence-electron chi connectivity index (χ1n) is 8.36. The fourth-order valence-corrected chi connectivity index (χ4v) is 3.57. The third-order valence-corrected chi connectivity index (χ3v) is 4.89. The first-order valence-corrected chi connectivity index (χ1v) is 8.36. The highest BCUT2D eigenvalue weighted by molar-refractivity contribution is 5.86. The Bertz CT molecular complexity index is 591. The van der Waals surface area contributed by atoms with Crippen LogP contribution in [0.4, 0.5) is 14.5 Å². The van der Waals surface area contributed by atoms with Crippen LogP contribution < -0.4 is 20.7 Å². The Morgan fingerprint density at radius 3 is 2.75 bits per heavy atom. The SMILES string of the molecule is NC1(C(=O)NC2CCN(c3ccccc3OC(F)F)C2)CCCC1. The monoisotopic (exact) mass is 339 g/mol. The molecular weight excluding hydrogens is 316 g/mol. The fraction of sp³-hybridized carbons (Fsp3) is 0.588. The topological polar surface area (TPSA) is 67.6 Å². The predicted molar refractivity (Wildman–Crippen MR) is 87.2 cm³/mol. The molecule has 2 fully saturated rings. The molecule has 1 aliphatic heterocycles. The molecule has 5 nitrogen and oxygen atoms in total. The van der Waals surface area contributed by atoms with Crippen molar-refractivity contribution < 1.29 is 18.3 Å². The normalized spacial score (nSPS) is 22.8. The van der Waals surface area contributed by atoms with Crippen LogP contribution in [0.5, 0.6) is 5.75 Å². The Balaban J connectivity index is 1.62. The Kier molecular flexibility index (Phi) is 4.89. The van der Waals surface area contributed by atoms with Crippen LogP contribution in [0.2, 0.25) is 0 Å². The summed E-state index contributed by atoms with van der Waals surface area (Å²) in [4.78, 5) is 14.4. The van der Waals surface area contributed by atoms with E-state index < -0.39 is 12.2 Å². The Labute approximate surface area is 140 Å². The number of para-hydroxylation sites is 2. The minimum absolute atomic E-state index is 0.0295. The van der Waals surface area contributed by atoms with E-state index in [9.17, 15) is 13.6 Å². The van der Waals surface area contributed by atoms with E-state index in [1.165, 1.54) is 6.07 Å². The standard InChI is InChI=1S/C17H23F2N3O2/c18-16(19)24-14-6-2-1-5-13(14)22-10-7-12(11-22)21-15(23)17(20)8-3-4-9-17/h1-2,5-6,12,16H,3-4,7-11,20H2,(H,21,23). The predicted octanol–water partition coefficient (Wildman–Crippen LogP) is 2.25. The molecule has 1 heterocycles. The van der Waals surface area contributed by atoms with E-state index in [1.807, 2.05) is 4.90 Å². The number of hydrogen-bond donors (Lipinski definition) is 2. The molecule has 1 unspecified atom stereocenters. The molecule has 3 rings (SSSR count). The van der Waals surface area contributed by atoms with Crippen LogP contribution in [0.15, 0.2) is 24.3 Å². The van der Waals surface area contributed by atoms with Gasteiger partial charge < -0.3 is 20.7 Å². The number of nitrogens with two attached hydrogens (primary N) is 1. The van der Waals surface area contributed by atoms with Gasteiger partial charge in [0.05, 0.1) is 11.2 Å². The van der Waals surface area contributed by atoms with Gasteiger partial charge in [-0.05, 0) is 31.4 Å². The Morgan fingerprint density at radius 2 is 2.04 bits per heavy atom. The van der Waals surface area contributed by atoms with Gasteiger partial charge in [-0.25, -0.2) is 0 Å². The lowest BCUT2D eigenvalue weighted by Crippen LogP contribution is -2.54. The number of anilines is 1. The van der Waals surface area contributed by atoms with Crippen molar-refractivity contribution in [2.24, 2.45) is 5.73 Å². The van der Waals surface area contributed by atoms with Gasteiger partial charge in [0, 0.05) is 19.1 Å². The van der Waals surface area contributed by atoms with E-state index >= 15 is 0 Å². The summed E-state index contributed by atoms with van der Waals surface area (Å²) >= 11 is 0. The summed E-state index contributed by atoms with van der Waals surface area (Å²) in [6.07, 6.45) is 4.17. The van der Waals surface area contributed by atoms with Crippen molar-refractivity contribution in [2.45, 2.75) is 50.3 Å². The molecule has 7 heteroatoms. The van der Waals surface area contributed by atoms with Crippen LogP contribution in [-0.2, 0) is 4.79 Å². The number of carbonyl (C=O) groups is 1. The maximum Gasteiger partial charge on any atom is 0.387 e. The molecule has 3 N–H and O–H groups in total. The van der Waals surface area contributed by atoms with Crippen LogP contribution in [0.1, 0.15) is 32.1 Å². The summed E-state index contributed by atoms with van der Waals surface area (Å²) in [5.74, 6) is 0.0644. The number of benzene rings is 1. The third-order valence-electron chi connectivity index (χ3n) is 4.89. The number of nitrogens with one attached hydrogen (secondary N) is 1. The van der Waals surface area contributed by atoms with Crippen molar-refractivity contribution in [3.63, 3.8) is 0 Å². The van der Waals surface area contributed by atoms with Crippen LogP contribution in [0.3, 0.4) is 0 Å². The summed E-state index contributed by atoms with van der Waals surface area (Å²) < 4.78 is 29.7. The molecule has 1 aromatic carbocycles. The molecule has 132 valence electrons. The second-order valence-electron chi connectivity index (χ2n) is 6.61. The minimum atomic E-state index is -2.86. The lowest BCUT2D eigenvalue weighted by molar-refractivity contribution is -0.126. The van der Waals surface area contributed by atoms with Gasteiger partial charge in [-0.3, -0.25) is 4.79 Å². The number of carbonyl (C=O) groups excluding carboxylic acids is 1. The van der Waals surface area contributed by atoms with Gasteiger partial charge >= 0.3 is 6.61 Å². The lowest BCUT2D eigenvalue weighted by atomic mass is 9.97. The molecule has 1 aliphatic carbocycles. The van der Waals surface area contributed by atoms with Crippen molar-refractivity contribution in [1.82, 2.24) is 5.32 Å². The lowest BCUT2D eigenvalue weighted by Gasteiger charge is -2.25. The molecule has 1 amide bonds. The zero-order valence-electron chi connectivity index (χ0n) is 13.5. The smallest absolute Gasteiger partial charge is 0.387 e. The summed E-state index contributed by atoms with van der Waals surface area (Å²) in [5.41, 5.74) is 6.05. The maximum absolute atomic E-state index is 12.5. The average Bonchev–Trinajstić information content (AvgIpc) is 3.17. The van der Waals surface area contributed by atoms with Gasteiger partial charge in [-0.15, -0.1) is 0 Å². The molecule has 1 aromatic rings. The Morgan fingerprint density at radius 1 is 1.33 bits per heavy atom. The quantitative estimate of drug-likeness (QED) is 0.863. The van der Waals surface area contributed by atoms with Crippen molar-refractivity contribution in [3.05, 3.63) is 24.3 Å². The number of nitrogens with zero attached hydrogens (tertiary/aromatic N) is 1. The van der Waals surface area contributed by atoms with Crippen molar-refractivity contribution in [1.29, 1.82) is 0 Å². The zero-order chi connectivity index (χ0) is 17.2. The highest BCUT2D eigenvalue weighted by Crippen LogP contribution is 2.32. The maximum atomic E-state index is 12.5. The number of ether oxygens (including phenoxy) is 1. The van der Waals surface area contributed by atoms with Gasteiger partial charge in [0.25, 0.3) is 0 Å². The van der Waals surface area contributed by atoms with Gasteiger partial charge in [0.15, 0.2) is 0 Å². The van der Waals surface area contributed by atoms with E-state index in [0.717, 1.165) is 32.1 Å². The minimum Gasteiger partial charge on any atom is -0.433 e. The highest BCUT2D eigenvalue weighted by atomic mass is 19.3. The highest BCUT2D eigenvalue weighted by Gasteiger charge is 2.38. The van der Waals surface area contributed by atoms with Gasteiger partial charge in [0.1, 0.15) is 5.75 Å². The van der Waals surface area contributed by atoms with Crippen molar-refractivity contribution in [3.8, 4) is 5.75 Å². The van der Waals surface area contributed by atoms with Crippen LogP contribution in [0, 0.1) is 0 Å². The van der Waals surface area contributed by atoms with Crippen LogP contribution in [-0.4, -0.2) is 37.2 Å². The summed E-state index contributed by atoms with van der Waals surface area (Å²) in [7, 11) is 0. The Hall–Kier alpha value is -1.89. The largest absolute Gasteiger partial charge is 0.433 e. The molecule has 0 bridgehead atoms. The molecular formula is C17H23F2N3O2. The van der Waals surface area contributed by atoms with E-state index in [-0.39, 0.29) is 17.7 Å². The van der Waals surface area contributed by atoms with Crippen LogP contribution in [0.25, 0.3) is 0 Å². The first kappa shape index (κ1) is 17.0.